The Morgan fingerprint density at radius 3 is 1.50 bits per heavy atom. The van der Waals surface area contributed by atoms with E-state index in [9.17, 15) is 19.8 Å². The highest BCUT2D eigenvalue weighted by Crippen LogP contribution is 2.03. The second-order valence-corrected chi connectivity index (χ2v) is 5.85. The molecule has 148 valence electrons. The third-order valence-electron chi connectivity index (χ3n) is 4.04. The van der Waals surface area contributed by atoms with Crippen LogP contribution in [0.3, 0.4) is 0 Å². The van der Waals surface area contributed by atoms with Crippen LogP contribution in [0.4, 0.5) is 0 Å². The zero-order valence-electron chi connectivity index (χ0n) is 14.6. The van der Waals surface area contributed by atoms with Crippen molar-refractivity contribution in [2.24, 2.45) is 0 Å². The fraction of sp³-hybridized carbons (Fsp3) is 0.750. The van der Waals surface area contributed by atoms with Gasteiger partial charge in [-0.15, -0.1) is 0 Å². The van der Waals surface area contributed by atoms with Crippen molar-refractivity contribution in [1.29, 1.82) is 0 Å². The zero-order valence-corrected chi connectivity index (χ0v) is 14.6. The molecule has 2 fully saturated rings. The van der Waals surface area contributed by atoms with E-state index in [0.29, 0.717) is 52.6 Å². The van der Waals surface area contributed by atoms with E-state index in [1.54, 1.807) is 9.80 Å². The summed E-state index contributed by atoms with van der Waals surface area (Å²) in [4.78, 5) is 26.6. The SMILES string of the molecule is O=C(/C=C/C(=O)OCC(O)N1CCOCC1)OCC(O)N1CCOCC1. The quantitative estimate of drug-likeness (QED) is 0.362. The van der Waals surface area contributed by atoms with Crippen molar-refractivity contribution in [3.63, 3.8) is 0 Å². The lowest BCUT2D eigenvalue weighted by atomic mass is 10.4. The van der Waals surface area contributed by atoms with E-state index in [2.05, 4.69) is 0 Å². The molecule has 2 unspecified atom stereocenters. The molecule has 2 atom stereocenters. The van der Waals surface area contributed by atoms with Crippen LogP contribution < -0.4 is 0 Å². The van der Waals surface area contributed by atoms with Gasteiger partial charge in [-0.25, -0.2) is 9.59 Å². The standard InChI is InChI=1S/C16H26N2O8/c19-13(17-3-7-23-8-4-17)11-25-15(21)1-2-16(22)26-12-14(20)18-5-9-24-10-6-18/h1-2,13-14,19-20H,3-12H2/b2-1+. The van der Waals surface area contributed by atoms with Gasteiger partial charge in [0.1, 0.15) is 25.7 Å². The number of hydrogen-bond donors (Lipinski definition) is 2. The molecule has 2 aliphatic heterocycles. The molecular weight excluding hydrogens is 348 g/mol. The highest BCUT2D eigenvalue weighted by atomic mass is 16.6. The average molecular weight is 374 g/mol. The van der Waals surface area contributed by atoms with Crippen molar-refractivity contribution in [1.82, 2.24) is 9.80 Å². The van der Waals surface area contributed by atoms with Crippen LogP contribution in [0.15, 0.2) is 12.2 Å². The van der Waals surface area contributed by atoms with E-state index >= 15 is 0 Å². The summed E-state index contributed by atoms with van der Waals surface area (Å²) in [5.41, 5.74) is 0. The molecule has 2 saturated heterocycles. The molecule has 0 aromatic carbocycles. The van der Waals surface area contributed by atoms with Crippen molar-refractivity contribution in [3.8, 4) is 0 Å². The predicted molar refractivity (Wildman–Crippen MR) is 87.9 cm³/mol. The number of esters is 2. The highest BCUT2D eigenvalue weighted by molar-refractivity contribution is 5.91. The van der Waals surface area contributed by atoms with Crippen LogP contribution in [0.25, 0.3) is 0 Å². The fourth-order valence-electron chi connectivity index (χ4n) is 2.51. The molecule has 2 heterocycles. The number of hydrogen-bond acceptors (Lipinski definition) is 10. The van der Waals surface area contributed by atoms with Crippen molar-refractivity contribution in [3.05, 3.63) is 12.2 Å². The Kier molecular flexibility index (Phi) is 8.95. The summed E-state index contributed by atoms with van der Waals surface area (Å²) in [7, 11) is 0. The van der Waals surface area contributed by atoms with E-state index in [1.807, 2.05) is 0 Å². The van der Waals surface area contributed by atoms with Gasteiger partial charge in [0.15, 0.2) is 0 Å². The van der Waals surface area contributed by atoms with E-state index in [-0.39, 0.29) is 13.2 Å². The molecule has 0 bridgehead atoms. The number of nitrogens with zero attached hydrogens (tertiary/aromatic N) is 2. The van der Waals surface area contributed by atoms with E-state index in [4.69, 9.17) is 18.9 Å². The van der Waals surface area contributed by atoms with Crippen molar-refractivity contribution in [2.45, 2.75) is 12.5 Å². The Bertz CT molecular complexity index is 433. The van der Waals surface area contributed by atoms with E-state index in [0.717, 1.165) is 12.2 Å². The van der Waals surface area contributed by atoms with Gasteiger partial charge < -0.3 is 29.2 Å². The van der Waals surface area contributed by atoms with Gasteiger partial charge >= 0.3 is 11.9 Å². The molecule has 0 spiro atoms. The lowest BCUT2D eigenvalue weighted by Crippen LogP contribution is -2.45. The maximum Gasteiger partial charge on any atom is 0.331 e. The first kappa shape index (κ1) is 20.7. The number of morpholine rings is 2. The summed E-state index contributed by atoms with van der Waals surface area (Å²) in [5, 5.41) is 19.8. The van der Waals surface area contributed by atoms with Crippen molar-refractivity contribution < 1.29 is 38.7 Å². The maximum atomic E-state index is 11.6. The molecule has 2 aliphatic rings. The monoisotopic (exact) mass is 374 g/mol. The summed E-state index contributed by atoms with van der Waals surface area (Å²) < 4.78 is 20.1. The Morgan fingerprint density at radius 1 is 0.808 bits per heavy atom. The summed E-state index contributed by atoms with van der Waals surface area (Å²) in [6.07, 6.45) is 0.0315. The number of carbonyl (C=O) groups is 2. The molecule has 26 heavy (non-hydrogen) atoms. The molecular formula is C16H26N2O8. The summed E-state index contributed by atoms with van der Waals surface area (Å²) >= 11 is 0. The smallest absolute Gasteiger partial charge is 0.331 e. The third kappa shape index (κ3) is 7.36. The van der Waals surface area contributed by atoms with Gasteiger partial charge in [0, 0.05) is 38.3 Å². The lowest BCUT2D eigenvalue weighted by Gasteiger charge is -2.30. The zero-order chi connectivity index (χ0) is 18.8. The lowest BCUT2D eigenvalue weighted by molar-refractivity contribution is -0.150. The van der Waals surface area contributed by atoms with Crippen molar-refractivity contribution in [2.75, 3.05) is 65.8 Å². The van der Waals surface area contributed by atoms with Gasteiger partial charge in [-0.3, -0.25) is 9.80 Å². The number of aliphatic hydroxyl groups is 2. The predicted octanol–water partition coefficient (Wildman–Crippen LogP) is -2.07. The molecule has 0 amide bonds. The Hall–Kier alpha value is -1.56. The first-order valence-electron chi connectivity index (χ1n) is 8.57. The topological polar surface area (TPSA) is 118 Å². The van der Waals surface area contributed by atoms with E-state index in [1.165, 1.54) is 0 Å². The van der Waals surface area contributed by atoms with Gasteiger partial charge in [-0.05, 0) is 0 Å². The Morgan fingerprint density at radius 2 is 1.15 bits per heavy atom. The minimum Gasteiger partial charge on any atom is -0.458 e. The largest absolute Gasteiger partial charge is 0.458 e. The Balaban J connectivity index is 1.61. The van der Waals surface area contributed by atoms with Crippen LogP contribution in [-0.4, -0.2) is 110 Å². The third-order valence-corrected chi connectivity index (χ3v) is 4.04. The fourth-order valence-corrected chi connectivity index (χ4v) is 2.51. The van der Waals surface area contributed by atoms with Crippen LogP contribution in [0, 0.1) is 0 Å². The van der Waals surface area contributed by atoms with Gasteiger partial charge in [0.2, 0.25) is 0 Å². The van der Waals surface area contributed by atoms with Gasteiger partial charge in [-0.2, -0.15) is 0 Å². The molecule has 0 saturated carbocycles. The molecule has 0 aromatic heterocycles. The number of rotatable bonds is 8. The summed E-state index contributed by atoms with van der Waals surface area (Å²) in [5.74, 6) is -1.52. The van der Waals surface area contributed by atoms with Gasteiger partial charge in [0.05, 0.1) is 26.4 Å². The molecule has 0 aromatic rings. The molecule has 10 nitrogen and oxygen atoms in total. The molecule has 10 heteroatoms. The van der Waals surface area contributed by atoms with Crippen LogP contribution in [-0.2, 0) is 28.5 Å². The van der Waals surface area contributed by atoms with Crippen molar-refractivity contribution >= 4 is 11.9 Å². The summed E-state index contributed by atoms with van der Waals surface area (Å²) in [6.45, 7) is 3.93. The number of aliphatic hydroxyl groups excluding tert-OH is 2. The van der Waals surface area contributed by atoms with Gasteiger partial charge in [-0.1, -0.05) is 0 Å². The second-order valence-electron chi connectivity index (χ2n) is 5.85. The summed E-state index contributed by atoms with van der Waals surface area (Å²) in [6, 6.07) is 0. The Labute approximate surface area is 151 Å². The van der Waals surface area contributed by atoms with Crippen LogP contribution in [0.5, 0.6) is 0 Å². The second kappa shape index (κ2) is 11.2. The van der Waals surface area contributed by atoms with Crippen LogP contribution in [0.2, 0.25) is 0 Å². The minimum absolute atomic E-state index is 0.200. The van der Waals surface area contributed by atoms with Crippen LogP contribution in [0.1, 0.15) is 0 Å². The molecule has 2 rings (SSSR count). The first-order chi connectivity index (χ1) is 12.6. The average Bonchev–Trinajstić information content (AvgIpc) is 2.69. The number of ether oxygens (including phenoxy) is 4. The highest BCUT2D eigenvalue weighted by Gasteiger charge is 2.20. The molecule has 0 radical (unpaired) electrons. The molecule has 0 aliphatic carbocycles. The van der Waals surface area contributed by atoms with E-state index < -0.39 is 24.4 Å². The molecule has 2 N–H and O–H groups in total. The van der Waals surface area contributed by atoms with Gasteiger partial charge in [0.25, 0.3) is 0 Å². The maximum absolute atomic E-state index is 11.6. The normalized spacial score (nSPS) is 22.1. The first-order valence-corrected chi connectivity index (χ1v) is 8.57. The number of carbonyl (C=O) groups excluding carboxylic acids is 2. The van der Waals surface area contributed by atoms with Crippen LogP contribution >= 0.6 is 0 Å². The minimum atomic E-state index is -0.910.